The lowest BCUT2D eigenvalue weighted by atomic mass is 10.2. The molecule has 0 unspecified atom stereocenters. The number of methoxy groups -OCH3 is 1. The molecule has 0 spiro atoms. The van der Waals surface area contributed by atoms with E-state index in [0.717, 1.165) is 42.4 Å². The fourth-order valence-corrected chi connectivity index (χ4v) is 2.92. The van der Waals surface area contributed by atoms with Gasteiger partial charge in [-0.3, -0.25) is 9.36 Å². The molecule has 0 aliphatic rings. The van der Waals surface area contributed by atoms with Crippen molar-refractivity contribution >= 4 is 17.7 Å². The molecule has 0 saturated heterocycles. The molecule has 0 fully saturated rings. The molecule has 0 radical (unpaired) electrons. The van der Waals surface area contributed by atoms with E-state index < -0.39 is 0 Å². The maximum atomic E-state index is 11.8. The standard InChI is InChI=1S/C17H23N3O2S/c1-3-4-5-10-18-16(21)13-23-17-19-11-12-20(17)14-6-8-15(22-2)9-7-14/h6-9,11-12H,3-5,10,13H2,1-2H3,(H,18,21). The van der Waals surface area contributed by atoms with E-state index in [1.807, 2.05) is 35.0 Å². The van der Waals surface area contributed by atoms with Gasteiger partial charge in [-0.05, 0) is 30.7 Å². The third kappa shape index (κ3) is 5.32. The van der Waals surface area contributed by atoms with Crippen LogP contribution >= 0.6 is 11.8 Å². The van der Waals surface area contributed by atoms with Gasteiger partial charge >= 0.3 is 0 Å². The predicted octanol–water partition coefficient (Wildman–Crippen LogP) is 3.28. The van der Waals surface area contributed by atoms with Gasteiger partial charge in [0, 0.05) is 24.6 Å². The second kappa shape index (κ2) is 9.25. The first-order chi connectivity index (χ1) is 11.2. The van der Waals surface area contributed by atoms with Gasteiger partial charge in [0.05, 0.1) is 12.9 Å². The Bertz CT molecular complexity index is 611. The number of hydrogen-bond donors (Lipinski definition) is 1. The average molecular weight is 333 g/mol. The van der Waals surface area contributed by atoms with Crippen LogP contribution in [0.3, 0.4) is 0 Å². The van der Waals surface area contributed by atoms with Gasteiger partial charge in [0.25, 0.3) is 0 Å². The zero-order valence-corrected chi connectivity index (χ0v) is 14.4. The summed E-state index contributed by atoms with van der Waals surface area (Å²) in [6.07, 6.45) is 6.97. The van der Waals surface area contributed by atoms with Crippen molar-refractivity contribution in [2.45, 2.75) is 31.3 Å². The Morgan fingerprint density at radius 2 is 2.09 bits per heavy atom. The van der Waals surface area contributed by atoms with Crippen LogP contribution in [0.2, 0.25) is 0 Å². The topological polar surface area (TPSA) is 56.2 Å². The van der Waals surface area contributed by atoms with Crippen molar-refractivity contribution < 1.29 is 9.53 Å². The van der Waals surface area contributed by atoms with Crippen LogP contribution in [-0.4, -0.2) is 34.9 Å². The Morgan fingerprint density at radius 1 is 1.30 bits per heavy atom. The Balaban J connectivity index is 1.89. The summed E-state index contributed by atoms with van der Waals surface area (Å²) in [6, 6.07) is 7.75. The maximum Gasteiger partial charge on any atom is 0.230 e. The van der Waals surface area contributed by atoms with E-state index in [1.165, 1.54) is 11.8 Å². The van der Waals surface area contributed by atoms with Crippen LogP contribution in [0.25, 0.3) is 5.69 Å². The van der Waals surface area contributed by atoms with E-state index >= 15 is 0 Å². The number of hydrogen-bond acceptors (Lipinski definition) is 4. The Morgan fingerprint density at radius 3 is 2.78 bits per heavy atom. The van der Waals surface area contributed by atoms with Crippen LogP contribution in [0.1, 0.15) is 26.2 Å². The van der Waals surface area contributed by atoms with Crippen LogP contribution in [0.5, 0.6) is 5.75 Å². The summed E-state index contributed by atoms with van der Waals surface area (Å²) in [6.45, 7) is 2.90. The Labute approximate surface area is 141 Å². The van der Waals surface area contributed by atoms with Crippen LogP contribution in [0.4, 0.5) is 0 Å². The zero-order chi connectivity index (χ0) is 16.5. The first-order valence-electron chi connectivity index (χ1n) is 7.82. The van der Waals surface area contributed by atoms with E-state index in [0.29, 0.717) is 5.75 Å². The molecular formula is C17H23N3O2S. The molecule has 2 rings (SSSR count). The monoisotopic (exact) mass is 333 g/mol. The number of ether oxygens (including phenoxy) is 1. The molecule has 1 amide bonds. The number of benzene rings is 1. The van der Waals surface area contributed by atoms with Crippen molar-refractivity contribution in [1.29, 1.82) is 0 Å². The third-order valence-corrected chi connectivity index (χ3v) is 4.36. The molecule has 0 bridgehead atoms. The molecule has 1 aromatic carbocycles. The van der Waals surface area contributed by atoms with Crippen LogP contribution < -0.4 is 10.1 Å². The summed E-state index contributed by atoms with van der Waals surface area (Å²) in [5.74, 6) is 1.24. The lowest BCUT2D eigenvalue weighted by Crippen LogP contribution is -2.26. The highest BCUT2D eigenvalue weighted by atomic mass is 32.2. The lowest BCUT2D eigenvalue weighted by Gasteiger charge is -2.08. The van der Waals surface area contributed by atoms with Gasteiger partial charge in [0.2, 0.25) is 5.91 Å². The molecule has 1 heterocycles. The summed E-state index contributed by atoms with van der Waals surface area (Å²) in [4.78, 5) is 16.2. The van der Waals surface area contributed by atoms with Crippen molar-refractivity contribution in [3.05, 3.63) is 36.7 Å². The summed E-state index contributed by atoms with van der Waals surface area (Å²) in [5.41, 5.74) is 0.995. The molecule has 5 nitrogen and oxygen atoms in total. The van der Waals surface area contributed by atoms with Crippen molar-refractivity contribution in [2.75, 3.05) is 19.4 Å². The number of amides is 1. The Hall–Kier alpha value is -1.95. The number of carbonyl (C=O) groups excluding carboxylic acids is 1. The maximum absolute atomic E-state index is 11.8. The minimum atomic E-state index is 0.0513. The third-order valence-electron chi connectivity index (χ3n) is 3.39. The van der Waals surface area contributed by atoms with Crippen LogP contribution in [-0.2, 0) is 4.79 Å². The van der Waals surface area contributed by atoms with Gasteiger partial charge in [0.1, 0.15) is 5.75 Å². The van der Waals surface area contributed by atoms with E-state index in [-0.39, 0.29) is 5.91 Å². The van der Waals surface area contributed by atoms with Crippen molar-refractivity contribution in [3.63, 3.8) is 0 Å². The lowest BCUT2D eigenvalue weighted by molar-refractivity contribution is -0.118. The van der Waals surface area contributed by atoms with Crippen molar-refractivity contribution in [3.8, 4) is 11.4 Å². The number of carbonyl (C=O) groups is 1. The number of nitrogens with zero attached hydrogens (tertiary/aromatic N) is 2. The van der Waals surface area contributed by atoms with Gasteiger partial charge in [-0.15, -0.1) is 0 Å². The van der Waals surface area contributed by atoms with Gasteiger partial charge in [-0.25, -0.2) is 4.98 Å². The summed E-state index contributed by atoms with van der Waals surface area (Å²) in [7, 11) is 1.65. The zero-order valence-electron chi connectivity index (χ0n) is 13.6. The Kier molecular flexibility index (Phi) is 7.00. The smallest absolute Gasteiger partial charge is 0.230 e. The molecule has 2 aromatic rings. The minimum Gasteiger partial charge on any atom is -0.497 e. The number of thioether (sulfide) groups is 1. The van der Waals surface area contributed by atoms with E-state index in [4.69, 9.17) is 4.74 Å². The molecule has 0 atom stereocenters. The predicted molar refractivity (Wildman–Crippen MR) is 93.4 cm³/mol. The second-order valence-electron chi connectivity index (χ2n) is 5.12. The number of rotatable bonds is 9. The number of unbranched alkanes of at least 4 members (excludes halogenated alkanes) is 2. The first kappa shape index (κ1) is 17.4. The molecule has 0 aliphatic heterocycles. The van der Waals surface area contributed by atoms with Crippen molar-refractivity contribution in [2.24, 2.45) is 0 Å². The highest BCUT2D eigenvalue weighted by Gasteiger charge is 2.09. The number of imidazole rings is 1. The van der Waals surface area contributed by atoms with Gasteiger partial charge in [0.15, 0.2) is 5.16 Å². The first-order valence-corrected chi connectivity index (χ1v) is 8.80. The van der Waals surface area contributed by atoms with E-state index in [9.17, 15) is 4.79 Å². The van der Waals surface area contributed by atoms with Crippen molar-refractivity contribution in [1.82, 2.24) is 14.9 Å². The SMILES string of the molecule is CCCCCNC(=O)CSc1nccn1-c1ccc(OC)cc1. The van der Waals surface area contributed by atoms with Gasteiger partial charge < -0.3 is 10.1 Å². The van der Waals surface area contributed by atoms with E-state index in [2.05, 4.69) is 17.2 Å². The van der Waals surface area contributed by atoms with E-state index in [1.54, 1.807) is 13.3 Å². The second-order valence-corrected chi connectivity index (χ2v) is 6.07. The summed E-state index contributed by atoms with van der Waals surface area (Å²) >= 11 is 1.44. The molecular weight excluding hydrogens is 310 g/mol. The molecule has 6 heteroatoms. The highest BCUT2D eigenvalue weighted by Crippen LogP contribution is 2.22. The molecule has 124 valence electrons. The quantitative estimate of drug-likeness (QED) is 0.565. The van der Waals surface area contributed by atoms with Gasteiger partial charge in [-0.1, -0.05) is 31.5 Å². The molecule has 1 N–H and O–H groups in total. The highest BCUT2D eigenvalue weighted by molar-refractivity contribution is 7.99. The molecule has 0 aliphatic carbocycles. The van der Waals surface area contributed by atoms with Gasteiger partial charge in [-0.2, -0.15) is 0 Å². The minimum absolute atomic E-state index is 0.0513. The number of nitrogens with one attached hydrogen (secondary N) is 1. The molecule has 1 aromatic heterocycles. The fourth-order valence-electron chi connectivity index (χ4n) is 2.12. The molecule has 0 saturated carbocycles. The average Bonchev–Trinajstić information content (AvgIpc) is 3.05. The largest absolute Gasteiger partial charge is 0.497 e. The molecule has 23 heavy (non-hydrogen) atoms. The number of aromatic nitrogens is 2. The van der Waals surface area contributed by atoms with Crippen LogP contribution in [0.15, 0.2) is 41.8 Å². The normalized spacial score (nSPS) is 10.5. The fraction of sp³-hybridized carbons (Fsp3) is 0.412. The summed E-state index contributed by atoms with van der Waals surface area (Å²) in [5, 5.41) is 3.75. The summed E-state index contributed by atoms with van der Waals surface area (Å²) < 4.78 is 7.13. The van der Waals surface area contributed by atoms with Crippen LogP contribution in [0, 0.1) is 0 Å².